The van der Waals surface area contributed by atoms with Crippen molar-refractivity contribution in [1.82, 2.24) is 5.32 Å². The SMILES string of the molecule is N/C(=C\NC[C@@H]1OC(O)C(CO)OC1Sc1cccc2ccccc12)c1cc(F)c(F)c(F)c1. The van der Waals surface area contributed by atoms with Crippen molar-refractivity contribution in [2.24, 2.45) is 5.73 Å². The van der Waals surface area contributed by atoms with Crippen LogP contribution in [0.15, 0.2) is 65.7 Å². The lowest BCUT2D eigenvalue weighted by Crippen LogP contribution is -2.52. The van der Waals surface area contributed by atoms with E-state index < -0.39 is 48.0 Å². The fourth-order valence-electron chi connectivity index (χ4n) is 3.55. The predicted molar refractivity (Wildman–Crippen MR) is 123 cm³/mol. The van der Waals surface area contributed by atoms with Gasteiger partial charge in [-0.1, -0.05) is 48.2 Å². The third-order valence-corrected chi connectivity index (χ3v) is 6.57. The number of ether oxygens (including phenoxy) is 2. The van der Waals surface area contributed by atoms with Crippen LogP contribution < -0.4 is 11.1 Å². The van der Waals surface area contributed by atoms with Crippen molar-refractivity contribution < 1.29 is 32.9 Å². The number of benzene rings is 3. The summed E-state index contributed by atoms with van der Waals surface area (Å²) in [6.07, 6.45) is -1.63. The van der Waals surface area contributed by atoms with E-state index in [1.165, 1.54) is 18.0 Å². The number of thioether (sulfide) groups is 1. The molecule has 5 N–H and O–H groups in total. The largest absolute Gasteiger partial charge is 0.397 e. The van der Waals surface area contributed by atoms with Crippen molar-refractivity contribution in [3.05, 3.63) is 83.8 Å². The molecule has 1 aliphatic rings. The van der Waals surface area contributed by atoms with E-state index in [0.29, 0.717) is 0 Å². The van der Waals surface area contributed by atoms with Crippen molar-refractivity contribution in [3.8, 4) is 0 Å². The fraction of sp³-hybridized carbons (Fsp3) is 0.250. The number of aliphatic hydroxyl groups is 2. The van der Waals surface area contributed by atoms with Crippen LogP contribution >= 0.6 is 11.8 Å². The van der Waals surface area contributed by atoms with E-state index in [1.807, 2.05) is 42.5 Å². The number of hydrogen-bond acceptors (Lipinski definition) is 7. The molecular weight excluding hydrogens is 469 g/mol. The number of nitrogens with one attached hydrogen (secondary N) is 1. The lowest BCUT2D eigenvalue weighted by molar-refractivity contribution is -0.270. The number of halogens is 3. The quantitative estimate of drug-likeness (QED) is 0.376. The molecule has 0 bridgehead atoms. The first-order chi connectivity index (χ1) is 16.4. The molecule has 1 saturated heterocycles. The van der Waals surface area contributed by atoms with E-state index in [1.54, 1.807) is 0 Å². The predicted octanol–water partition coefficient (Wildman–Crippen LogP) is 3.32. The number of nitrogens with two attached hydrogens (primary N) is 1. The van der Waals surface area contributed by atoms with Crippen molar-refractivity contribution >= 4 is 28.2 Å². The minimum Gasteiger partial charge on any atom is -0.397 e. The Morgan fingerprint density at radius 3 is 2.47 bits per heavy atom. The van der Waals surface area contributed by atoms with Crippen LogP contribution in [0.4, 0.5) is 13.2 Å². The molecule has 6 nitrogen and oxygen atoms in total. The maximum atomic E-state index is 13.5. The third-order valence-electron chi connectivity index (χ3n) is 5.31. The molecule has 0 saturated carbocycles. The van der Waals surface area contributed by atoms with Crippen LogP contribution in [0, 0.1) is 17.5 Å². The first-order valence-corrected chi connectivity index (χ1v) is 11.3. The molecule has 0 aromatic heterocycles. The van der Waals surface area contributed by atoms with E-state index in [2.05, 4.69) is 5.32 Å². The summed E-state index contributed by atoms with van der Waals surface area (Å²) in [7, 11) is 0. The minimum atomic E-state index is -1.57. The van der Waals surface area contributed by atoms with Crippen molar-refractivity contribution in [1.29, 1.82) is 0 Å². The van der Waals surface area contributed by atoms with Gasteiger partial charge in [0.1, 0.15) is 17.6 Å². The van der Waals surface area contributed by atoms with E-state index in [-0.39, 0.29) is 17.8 Å². The first-order valence-electron chi connectivity index (χ1n) is 10.5. The second-order valence-corrected chi connectivity index (χ2v) is 8.79. The Hall–Kier alpha value is -2.76. The molecule has 3 aromatic rings. The highest BCUT2D eigenvalue weighted by atomic mass is 32.2. The van der Waals surface area contributed by atoms with Crippen LogP contribution in [-0.4, -0.2) is 47.3 Å². The van der Waals surface area contributed by atoms with E-state index in [4.69, 9.17) is 15.2 Å². The molecule has 1 heterocycles. The van der Waals surface area contributed by atoms with E-state index in [9.17, 15) is 23.4 Å². The number of aliphatic hydroxyl groups excluding tert-OH is 2. The average Bonchev–Trinajstić information content (AvgIpc) is 2.83. The Kier molecular flexibility index (Phi) is 7.64. The molecule has 4 atom stereocenters. The normalized spacial score (nSPS) is 23.3. The van der Waals surface area contributed by atoms with Gasteiger partial charge in [0.05, 0.1) is 12.3 Å². The summed E-state index contributed by atoms with van der Waals surface area (Å²) in [5.41, 5.74) is 5.21. The van der Waals surface area contributed by atoms with Crippen LogP contribution in [0.5, 0.6) is 0 Å². The lowest BCUT2D eigenvalue weighted by atomic mass is 10.1. The molecule has 0 spiro atoms. The topological polar surface area (TPSA) is 97.0 Å². The monoisotopic (exact) mass is 492 g/mol. The van der Waals surface area contributed by atoms with Crippen LogP contribution in [-0.2, 0) is 9.47 Å². The maximum Gasteiger partial charge on any atom is 0.194 e. The zero-order valence-corrected chi connectivity index (χ0v) is 18.6. The zero-order valence-electron chi connectivity index (χ0n) is 17.8. The van der Waals surface area contributed by atoms with Gasteiger partial charge in [-0.3, -0.25) is 0 Å². The van der Waals surface area contributed by atoms with Gasteiger partial charge in [0.15, 0.2) is 23.7 Å². The van der Waals surface area contributed by atoms with Crippen molar-refractivity contribution in [2.45, 2.75) is 28.8 Å². The second-order valence-electron chi connectivity index (χ2n) is 7.65. The van der Waals surface area contributed by atoms with Gasteiger partial charge in [0, 0.05) is 23.2 Å². The summed E-state index contributed by atoms with van der Waals surface area (Å²) < 4.78 is 51.7. The summed E-state index contributed by atoms with van der Waals surface area (Å²) in [6.45, 7) is -0.313. The van der Waals surface area contributed by atoms with Crippen LogP contribution in [0.2, 0.25) is 0 Å². The molecule has 34 heavy (non-hydrogen) atoms. The highest BCUT2D eigenvalue weighted by Gasteiger charge is 2.38. The van der Waals surface area contributed by atoms with Gasteiger partial charge in [-0.15, -0.1) is 0 Å². The molecule has 1 aliphatic heterocycles. The third kappa shape index (κ3) is 5.31. The molecule has 0 amide bonds. The molecule has 3 unspecified atom stereocenters. The Morgan fingerprint density at radius 2 is 1.74 bits per heavy atom. The van der Waals surface area contributed by atoms with Gasteiger partial charge in [0.2, 0.25) is 0 Å². The number of fused-ring (bicyclic) bond motifs is 1. The van der Waals surface area contributed by atoms with E-state index >= 15 is 0 Å². The summed E-state index contributed by atoms with van der Waals surface area (Å²) in [4.78, 5) is 0.928. The average molecular weight is 493 g/mol. The molecule has 0 aliphatic carbocycles. The zero-order chi connectivity index (χ0) is 24.2. The molecule has 4 rings (SSSR count). The molecule has 1 fully saturated rings. The van der Waals surface area contributed by atoms with Crippen molar-refractivity contribution in [2.75, 3.05) is 13.2 Å². The molecule has 10 heteroatoms. The van der Waals surface area contributed by atoms with E-state index in [0.717, 1.165) is 27.8 Å². The minimum absolute atomic E-state index is 0.0263. The molecule has 180 valence electrons. The highest BCUT2D eigenvalue weighted by molar-refractivity contribution is 8.00. The molecular formula is C24H23F3N2O4S. The van der Waals surface area contributed by atoms with Gasteiger partial charge in [-0.25, -0.2) is 13.2 Å². The second kappa shape index (κ2) is 10.7. The Balaban J connectivity index is 1.51. The Morgan fingerprint density at radius 1 is 1.03 bits per heavy atom. The fourth-order valence-corrected chi connectivity index (χ4v) is 4.78. The van der Waals surface area contributed by atoms with Gasteiger partial charge in [-0.2, -0.15) is 0 Å². The number of rotatable bonds is 7. The summed E-state index contributed by atoms with van der Waals surface area (Å²) in [5.74, 6) is -4.27. The summed E-state index contributed by atoms with van der Waals surface area (Å²) in [5, 5.41) is 24.7. The lowest BCUT2D eigenvalue weighted by Gasteiger charge is -2.38. The number of hydrogen-bond donors (Lipinski definition) is 4. The first kappa shape index (κ1) is 24.4. The van der Waals surface area contributed by atoms with Crippen LogP contribution in [0.3, 0.4) is 0 Å². The van der Waals surface area contributed by atoms with Crippen LogP contribution in [0.1, 0.15) is 5.56 Å². The smallest absolute Gasteiger partial charge is 0.194 e. The standard InChI is InChI=1S/C24H23F3N2O4S/c25-16-8-14(9-17(26)22(16)27)18(28)10-29-11-19-24(33-20(12-30)23(31)32-19)34-21-7-3-5-13-4-1-2-6-15(13)21/h1-10,19-20,23-24,29-31H,11-12,28H2/b18-10-/t19-,20?,23?,24?/m0/s1. The molecule has 3 aromatic carbocycles. The van der Waals surface area contributed by atoms with Crippen LogP contribution in [0.25, 0.3) is 16.5 Å². The summed E-state index contributed by atoms with van der Waals surface area (Å²) in [6, 6.07) is 15.3. The van der Waals surface area contributed by atoms with Crippen molar-refractivity contribution in [3.63, 3.8) is 0 Å². The Labute approximate surface area is 198 Å². The van der Waals surface area contributed by atoms with Gasteiger partial charge in [-0.05, 0) is 29.0 Å². The molecule has 0 radical (unpaired) electrons. The Bertz CT molecular complexity index is 1170. The van der Waals surface area contributed by atoms with Gasteiger partial charge < -0.3 is 30.7 Å². The maximum absolute atomic E-state index is 13.5. The van der Waals surface area contributed by atoms with Gasteiger partial charge >= 0.3 is 0 Å². The highest BCUT2D eigenvalue weighted by Crippen LogP contribution is 2.36. The summed E-state index contributed by atoms with van der Waals surface area (Å²) >= 11 is 1.38. The van der Waals surface area contributed by atoms with Gasteiger partial charge in [0.25, 0.3) is 0 Å².